The number of carbonyl (C=O) groups excluding carboxylic acids is 1. The van der Waals surface area contributed by atoms with Gasteiger partial charge in [0.2, 0.25) is 5.91 Å². The van der Waals surface area contributed by atoms with E-state index in [1.165, 1.54) is 5.56 Å². The lowest BCUT2D eigenvalue weighted by Gasteiger charge is -2.23. The summed E-state index contributed by atoms with van der Waals surface area (Å²) in [5.74, 6) is 0.122. The zero-order chi connectivity index (χ0) is 16.9. The van der Waals surface area contributed by atoms with Gasteiger partial charge < -0.3 is 9.72 Å². The van der Waals surface area contributed by atoms with Gasteiger partial charge in [-0.25, -0.2) is 13.4 Å². The summed E-state index contributed by atoms with van der Waals surface area (Å²) >= 11 is 0. The number of aromatic nitrogens is 2. The van der Waals surface area contributed by atoms with Crippen LogP contribution in [0.2, 0.25) is 0 Å². The third kappa shape index (κ3) is 2.81. The van der Waals surface area contributed by atoms with Crippen molar-refractivity contribution in [2.24, 2.45) is 5.92 Å². The summed E-state index contributed by atoms with van der Waals surface area (Å²) in [5, 5.41) is 2.94. The predicted molar refractivity (Wildman–Crippen MR) is 90.6 cm³/mol. The topological polar surface area (TPSA) is 80.5 Å². The summed E-state index contributed by atoms with van der Waals surface area (Å²) in [7, 11) is -2.97. The minimum Gasteiger partial charge on any atom is -0.352 e. The quantitative estimate of drug-likeness (QED) is 0.881. The van der Waals surface area contributed by atoms with E-state index in [1.807, 2.05) is 19.2 Å². The monoisotopic (exact) mass is 347 g/mol. The molecule has 2 atom stereocenters. The van der Waals surface area contributed by atoms with Gasteiger partial charge in [-0.3, -0.25) is 4.79 Å². The molecule has 0 spiro atoms. The van der Waals surface area contributed by atoms with Crippen molar-refractivity contribution in [2.45, 2.75) is 38.6 Å². The Kier molecular flexibility index (Phi) is 3.63. The number of aryl methyl sites for hydroxylation is 2. The van der Waals surface area contributed by atoms with Crippen LogP contribution in [0.15, 0.2) is 18.3 Å². The molecule has 0 aromatic carbocycles. The highest BCUT2D eigenvalue weighted by Gasteiger charge is 2.33. The van der Waals surface area contributed by atoms with Gasteiger partial charge in [0.25, 0.3) is 0 Å². The summed E-state index contributed by atoms with van der Waals surface area (Å²) in [6.45, 7) is 2.04. The van der Waals surface area contributed by atoms with E-state index in [1.54, 1.807) is 0 Å². The molecule has 2 unspecified atom stereocenters. The van der Waals surface area contributed by atoms with Crippen molar-refractivity contribution in [3.8, 4) is 0 Å². The Morgan fingerprint density at radius 3 is 2.96 bits per heavy atom. The van der Waals surface area contributed by atoms with E-state index in [0.717, 1.165) is 29.9 Å². The molecule has 0 radical (unpaired) electrons. The molecule has 2 aromatic heterocycles. The molecule has 2 aliphatic rings. The van der Waals surface area contributed by atoms with E-state index in [-0.39, 0.29) is 29.4 Å². The van der Waals surface area contributed by atoms with Gasteiger partial charge in [0, 0.05) is 30.3 Å². The first-order valence-corrected chi connectivity index (χ1v) is 10.2. The number of amides is 1. The number of carbonyl (C=O) groups is 1. The van der Waals surface area contributed by atoms with Gasteiger partial charge >= 0.3 is 0 Å². The first-order chi connectivity index (χ1) is 11.4. The fourth-order valence-electron chi connectivity index (χ4n) is 3.76. The molecule has 1 saturated heterocycles. The molecule has 3 heterocycles. The van der Waals surface area contributed by atoms with Crippen LogP contribution in [0.5, 0.6) is 0 Å². The van der Waals surface area contributed by atoms with Crippen molar-refractivity contribution in [3.63, 3.8) is 0 Å². The molecule has 6 nitrogen and oxygen atoms in total. The molecule has 1 aliphatic heterocycles. The van der Waals surface area contributed by atoms with Crippen molar-refractivity contribution in [2.75, 3.05) is 11.5 Å². The van der Waals surface area contributed by atoms with Crippen LogP contribution in [0.3, 0.4) is 0 Å². The van der Waals surface area contributed by atoms with E-state index in [9.17, 15) is 13.2 Å². The number of imidazole rings is 1. The van der Waals surface area contributed by atoms with Crippen LogP contribution in [0.4, 0.5) is 0 Å². The normalized spacial score (nSPS) is 25.5. The summed E-state index contributed by atoms with van der Waals surface area (Å²) < 4.78 is 25.1. The van der Waals surface area contributed by atoms with Crippen molar-refractivity contribution < 1.29 is 13.2 Å². The van der Waals surface area contributed by atoms with Crippen LogP contribution < -0.4 is 5.32 Å². The highest BCUT2D eigenvalue weighted by atomic mass is 32.2. The average Bonchev–Trinajstić information content (AvgIpc) is 3.05. The Bertz CT molecular complexity index is 917. The van der Waals surface area contributed by atoms with Gasteiger partial charge in [-0.05, 0) is 43.9 Å². The van der Waals surface area contributed by atoms with E-state index in [2.05, 4.69) is 20.8 Å². The second-order valence-corrected chi connectivity index (χ2v) is 9.21. The van der Waals surface area contributed by atoms with Crippen molar-refractivity contribution in [1.82, 2.24) is 14.7 Å². The minimum atomic E-state index is -2.97. The summed E-state index contributed by atoms with van der Waals surface area (Å²) in [6.07, 6.45) is 4.75. The number of nitrogens with one attached hydrogen (secondary N) is 1. The van der Waals surface area contributed by atoms with Crippen molar-refractivity contribution in [3.05, 3.63) is 35.3 Å². The van der Waals surface area contributed by atoms with Crippen LogP contribution in [-0.2, 0) is 27.5 Å². The van der Waals surface area contributed by atoms with Gasteiger partial charge in [-0.1, -0.05) is 0 Å². The standard InChI is InChI=1S/C17H21N3O3S/c1-11-4-6-20-15-9-12(2-3-14(15)19-16(20)8-11)17(21)18-13-5-7-24(22,23)10-13/h4,6,8,12-13H,2-3,5,7,9-10H2,1H3,(H,18,21). The summed E-state index contributed by atoms with van der Waals surface area (Å²) in [6, 6.07) is 3.87. The number of pyridine rings is 1. The molecule has 1 amide bonds. The second-order valence-electron chi connectivity index (χ2n) is 6.99. The Hall–Kier alpha value is -1.89. The molecule has 128 valence electrons. The molecule has 1 N–H and O–H groups in total. The molecule has 7 heteroatoms. The van der Waals surface area contributed by atoms with Gasteiger partial charge in [-0.15, -0.1) is 0 Å². The van der Waals surface area contributed by atoms with Crippen LogP contribution in [0.1, 0.15) is 29.8 Å². The maximum Gasteiger partial charge on any atom is 0.223 e. The van der Waals surface area contributed by atoms with E-state index in [4.69, 9.17) is 0 Å². The van der Waals surface area contributed by atoms with Gasteiger partial charge in [0.1, 0.15) is 5.65 Å². The molecule has 24 heavy (non-hydrogen) atoms. The Labute approximate surface area is 141 Å². The second kappa shape index (κ2) is 5.58. The highest BCUT2D eigenvalue weighted by molar-refractivity contribution is 7.91. The van der Waals surface area contributed by atoms with E-state index >= 15 is 0 Å². The first-order valence-electron chi connectivity index (χ1n) is 8.38. The van der Waals surface area contributed by atoms with Crippen LogP contribution in [-0.4, -0.2) is 41.3 Å². The fraction of sp³-hybridized carbons (Fsp3) is 0.529. The van der Waals surface area contributed by atoms with Gasteiger partial charge in [-0.2, -0.15) is 0 Å². The Balaban J connectivity index is 1.51. The lowest BCUT2D eigenvalue weighted by molar-refractivity contribution is -0.125. The number of sulfone groups is 1. The number of rotatable bonds is 2. The van der Waals surface area contributed by atoms with E-state index < -0.39 is 9.84 Å². The maximum atomic E-state index is 12.6. The van der Waals surface area contributed by atoms with Crippen LogP contribution in [0, 0.1) is 12.8 Å². The van der Waals surface area contributed by atoms with Gasteiger partial charge in [0.05, 0.1) is 17.2 Å². The molecule has 4 rings (SSSR count). The first kappa shape index (κ1) is 15.6. The number of fused-ring (bicyclic) bond motifs is 3. The minimum absolute atomic E-state index is 0.0233. The maximum absolute atomic E-state index is 12.6. The average molecular weight is 347 g/mol. The zero-order valence-electron chi connectivity index (χ0n) is 13.7. The lowest BCUT2D eigenvalue weighted by Crippen LogP contribution is -2.41. The van der Waals surface area contributed by atoms with Crippen LogP contribution in [0.25, 0.3) is 5.65 Å². The Morgan fingerprint density at radius 2 is 2.21 bits per heavy atom. The van der Waals surface area contributed by atoms with Crippen LogP contribution >= 0.6 is 0 Å². The summed E-state index contributed by atoms with van der Waals surface area (Å²) in [4.78, 5) is 17.2. The Morgan fingerprint density at radius 1 is 1.38 bits per heavy atom. The molecule has 0 saturated carbocycles. The van der Waals surface area contributed by atoms with Crippen molar-refractivity contribution in [1.29, 1.82) is 0 Å². The predicted octanol–water partition coefficient (Wildman–Crippen LogP) is 1.05. The van der Waals surface area contributed by atoms with Gasteiger partial charge in [0.15, 0.2) is 9.84 Å². The fourth-order valence-corrected chi connectivity index (χ4v) is 5.43. The molecule has 0 bridgehead atoms. The highest BCUT2D eigenvalue weighted by Crippen LogP contribution is 2.27. The SMILES string of the molecule is Cc1ccn2c3c(nc2c1)CCC(C(=O)NC1CCS(=O)(=O)C1)C3. The largest absolute Gasteiger partial charge is 0.352 e. The molecular formula is C17H21N3O3S. The lowest BCUT2D eigenvalue weighted by atomic mass is 9.89. The molecular weight excluding hydrogens is 326 g/mol. The molecule has 1 fully saturated rings. The third-order valence-electron chi connectivity index (χ3n) is 5.08. The molecule has 1 aliphatic carbocycles. The zero-order valence-corrected chi connectivity index (χ0v) is 14.5. The number of hydrogen-bond donors (Lipinski definition) is 1. The third-order valence-corrected chi connectivity index (χ3v) is 6.85. The number of hydrogen-bond acceptors (Lipinski definition) is 4. The number of nitrogens with zero attached hydrogens (tertiary/aromatic N) is 2. The van der Waals surface area contributed by atoms with E-state index in [0.29, 0.717) is 12.8 Å². The summed E-state index contributed by atoms with van der Waals surface area (Å²) in [5.41, 5.74) is 4.29. The molecule has 2 aromatic rings. The smallest absolute Gasteiger partial charge is 0.223 e. The van der Waals surface area contributed by atoms with Crippen molar-refractivity contribution >= 4 is 21.4 Å².